The number of carbonyl (C=O) groups is 1. The van der Waals surface area contributed by atoms with Gasteiger partial charge in [-0.25, -0.2) is 4.79 Å². The summed E-state index contributed by atoms with van der Waals surface area (Å²) >= 11 is 1.56. The van der Waals surface area contributed by atoms with Crippen LogP contribution in [0.1, 0.15) is 16.1 Å². The fraction of sp³-hybridized carbons (Fsp3) is 0.0714. The van der Waals surface area contributed by atoms with Crippen molar-refractivity contribution < 1.29 is 14.3 Å². The lowest BCUT2D eigenvalue weighted by Gasteiger charge is -1.97. The molecule has 96 valence electrons. The molecule has 19 heavy (non-hydrogen) atoms. The van der Waals surface area contributed by atoms with Crippen molar-refractivity contribution in [3.63, 3.8) is 0 Å². The Morgan fingerprint density at radius 1 is 1.32 bits per heavy atom. The SMILES string of the molecule is O=C(O)c1occc1CSc1cc2ccccc2[nH]1. The number of benzene rings is 1. The summed E-state index contributed by atoms with van der Waals surface area (Å²) in [5.41, 5.74) is 1.77. The molecule has 3 rings (SSSR count). The van der Waals surface area contributed by atoms with Crippen molar-refractivity contribution in [3.05, 3.63) is 54.0 Å². The maximum Gasteiger partial charge on any atom is 0.372 e. The Kier molecular flexibility index (Phi) is 3.05. The maximum absolute atomic E-state index is 10.9. The second kappa shape index (κ2) is 4.85. The van der Waals surface area contributed by atoms with Gasteiger partial charge in [-0.2, -0.15) is 0 Å². The molecule has 2 N–H and O–H groups in total. The molecule has 3 aromatic rings. The predicted molar refractivity (Wildman–Crippen MR) is 73.5 cm³/mol. The first-order valence-corrected chi connectivity index (χ1v) is 6.73. The van der Waals surface area contributed by atoms with Crippen LogP contribution in [0, 0.1) is 0 Å². The molecule has 0 fully saturated rings. The van der Waals surface area contributed by atoms with Crippen LogP contribution in [0.15, 0.2) is 52.1 Å². The van der Waals surface area contributed by atoms with Crippen molar-refractivity contribution in [2.75, 3.05) is 0 Å². The van der Waals surface area contributed by atoms with E-state index in [1.165, 1.54) is 6.26 Å². The van der Waals surface area contributed by atoms with Gasteiger partial charge in [0.2, 0.25) is 5.76 Å². The van der Waals surface area contributed by atoms with Gasteiger partial charge in [-0.15, -0.1) is 11.8 Å². The van der Waals surface area contributed by atoms with Crippen molar-refractivity contribution in [2.45, 2.75) is 10.8 Å². The summed E-state index contributed by atoms with van der Waals surface area (Å²) in [6.07, 6.45) is 1.41. The summed E-state index contributed by atoms with van der Waals surface area (Å²) in [7, 11) is 0. The minimum absolute atomic E-state index is 0.0172. The number of hydrogen-bond acceptors (Lipinski definition) is 3. The average Bonchev–Trinajstić information content (AvgIpc) is 3.02. The second-order valence-electron chi connectivity index (χ2n) is 4.09. The zero-order chi connectivity index (χ0) is 13.2. The minimum atomic E-state index is -1.03. The van der Waals surface area contributed by atoms with Crippen molar-refractivity contribution >= 4 is 28.6 Å². The number of hydrogen-bond donors (Lipinski definition) is 2. The molecule has 0 bridgehead atoms. The molecule has 2 aromatic heterocycles. The molecule has 1 aromatic carbocycles. The minimum Gasteiger partial charge on any atom is -0.475 e. The van der Waals surface area contributed by atoms with E-state index in [9.17, 15) is 4.79 Å². The number of fused-ring (bicyclic) bond motifs is 1. The summed E-state index contributed by atoms with van der Waals surface area (Å²) in [6, 6.07) is 11.8. The van der Waals surface area contributed by atoms with Gasteiger partial charge in [0.25, 0.3) is 0 Å². The third-order valence-electron chi connectivity index (χ3n) is 2.83. The van der Waals surface area contributed by atoms with Gasteiger partial charge < -0.3 is 14.5 Å². The highest BCUT2D eigenvalue weighted by Gasteiger charge is 2.14. The molecule has 4 nitrogen and oxygen atoms in total. The highest BCUT2D eigenvalue weighted by atomic mass is 32.2. The van der Waals surface area contributed by atoms with E-state index in [1.807, 2.05) is 24.3 Å². The third-order valence-corrected chi connectivity index (χ3v) is 3.82. The topological polar surface area (TPSA) is 66.2 Å². The smallest absolute Gasteiger partial charge is 0.372 e. The first-order valence-electron chi connectivity index (χ1n) is 5.74. The molecular weight excluding hydrogens is 262 g/mol. The number of carboxylic acids is 1. The number of aromatic carboxylic acids is 1. The number of H-pyrrole nitrogens is 1. The molecule has 5 heteroatoms. The maximum atomic E-state index is 10.9. The third kappa shape index (κ3) is 2.37. The molecule has 0 atom stereocenters. The molecule has 0 saturated carbocycles. The fourth-order valence-electron chi connectivity index (χ4n) is 1.92. The predicted octanol–water partition coefficient (Wildman–Crippen LogP) is 3.75. The first kappa shape index (κ1) is 11.9. The summed E-state index contributed by atoms with van der Waals surface area (Å²) in [6.45, 7) is 0. The Balaban J connectivity index is 1.78. The number of furan rings is 1. The van der Waals surface area contributed by atoms with E-state index in [4.69, 9.17) is 9.52 Å². The normalized spacial score (nSPS) is 10.9. The van der Waals surface area contributed by atoms with E-state index in [0.29, 0.717) is 11.3 Å². The van der Waals surface area contributed by atoms with Gasteiger partial charge in [-0.1, -0.05) is 18.2 Å². The summed E-state index contributed by atoms with van der Waals surface area (Å²) in [5, 5.41) is 11.1. The zero-order valence-corrected chi connectivity index (χ0v) is 10.7. The Bertz CT molecular complexity index is 696. The monoisotopic (exact) mass is 273 g/mol. The van der Waals surface area contributed by atoms with Crippen LogP contribution in [0.2, 0.25) is 0 Å². The Morgan fingerprint density at radius 3 is 2.95 bits per heavy atom. The standard InChI is InChI=1S/C14H11NO3S/c16-14(17)13-10(5-6-18-13)8-19-12-7-9-3-1-2-4-11(9)15-12/h1-7,15H,8H2,(H,16,17). The Hall–Kier alpha value is -2.14. The molecule has 0 aliphatic heterocycles. The number of para-hydroxylation sites is 1. The summed E-state index contributed by atoms with van der Waals surface area (Å²) in [5.74, 6) is -0.453. The number of carboxylic acid groups (broad SMARTS) is 1. The summed E-state index contributed by atoms with van der Waals surface area (Å²) in [4.78, 5) is 14.2. The van der Waals surface area contributed by atoms with E-state index >= 15 is 0 Å². The Labute approximate surface area is 113 Å². The molecule has 0 spiro atoms. The molecule has 2 heterocycles. The van der Waals surface area contributed by atoms with Crippen LogP contribution in [-0.2, 0) is 5.75 Å². The van der Waals surface area contributed by atoms with E-state index in [2.05, 4.69) is 11.1 Å². The first-order chi connectivity index (χ1) is 9.24. The van der Waals surface area contributed by atoms with Gasteiger partial charge in [-0.3, -0.25) is 0 Å². The zero-order valence-electron chi connectivity index (χ0n) is 9.92. The van der Waals surface area contributed by atoms with Crippen molar-refractivity contribution in [2.24, 2.45) is 0 Å². The highest BCUT2D eigenvalue weighted by Crippen LogP contribution is 2.27. The Morgan fingerprint density at radius 2 is 2.16 bits per heavy atom. The highest BCUT2D eigenvalue weighted by molar-refractivity contribution is 7.98. The molecule has 0 aliphatic rings. The van der Waals surface area contributed by atoms with Gasteiger partial charge in [0.1, 0.15) is 0 Å². The molecule has 0 amide bonds. The van der Waals surface area contributed by atoms with E-state index < -0.39 is 5.97 Å². The number of aromatic nitrogens is 1. The van der Waals surface area contributed by atoms with Crippen LogP contribution in [0.25, 0.3) is 10.9 Å². The van der Waals surface area contributed by atoms with Crippen LogP contribution in [0.3, 0.4) is 0 Å². The van der Waals surface area contributed by atoms with Gasteiger partial charge in [0.05, 0.1) is 11.3 Å². The van der Waals surface area contributed by atoms with Gasteiger partial charge in [0, 0.05) is 22.2 Å². The quantitative estimate of drug-likeness (QED) is 0.710. The van der Waals surface area contributed by atoms with Crippen LogP contribution >= 0.6 is 11.8 Å². The van der Waals surface area contributed by atoms with Crippen molar-refractivity contribution in [1.82, 2.24) is 4.98 Å². The van der Waals surface area contributed by atoms with Gasteiger partial charge >= 0.3 is 5.97 Å². The lowest BCUT2D eigenvalue weighted by Crippen LogP contribution is -1.97. The van der Waals surface area contributed by atoms with Crippen LogP contribution in [0.5, 0.6) is 0 Å². The largest absolute Gasteiger partial charge is 0.475 e. The van der Waals surface area contributed by atoms with Gasteiger partial charge in [0.15, 0.2) is 0 Å². The number of rotatable bonds is 4. The lowest BCUT2D eigenvalue weighted by molar-refractivity contribution is 0.0661. The second-order valence-corrected chi connectivity index (χ2v) is 5.11. The molecule has 0 radical (unpaired) electrons. The van der Waals surface area contributed by atoms with Crippen molar-refractivity contribution in [3.8, 4) is 0 Å². The molecular formula is C14H11NO3S. The number of aromatic amines is 1. The molecule has 0 unspecified atom stereocenters. The number of thioether (sulfide) groups is 1. The average molecular weight is 273 g/mol. The van der Waals surface area contributed by atoms with Crippen LogP contribution in [0.4, 0.5) is 0 Å². The summed E-state index contributed by atoms with van der Waals surface area (Å²) < 4.78 is 4.95. The van der Waals surface area contributed by atoms with Crippen LogP contribution in [-0.4, -0.2) is 16.1 Å². The molecule has 0 saturated heterocycles. The lowest BCUT2D eigenvalue weighted by atomic mass is 10.3. The van der Waals surface area contributed by atoms with Gasteiger partial charge in [-0.05, 0) is 18.2 Å². The van der Waals surface area contributed by atoms with Crippen LogP contribution < -0.4 is 0 Å². The van der Waals surface area contributed by atoms with E-state index in [-0.39, 0.29) is 5.76 Å². The van der Waals surface area contributed by atoms with E-state index in [0.717, 1.165) is 15.9 Å². The fourth-order valence-corrected chi connectivity index (χ4v) is 2.85. The molecule has 0 aliphatic carbocycles. The van der Waals surface area contributed by atoms with E-state index in [1.54, 1.807) is 17.8 Å². The van der Waals surface area contributed by atoms with Crippen molar-refractivity contribution in [1.29, 1.82) is 0 Å². The number of nitrogens with one attached hydrogen (secondary N) is 1.